The second-order valence-electron chi connectivity index (χ2n) is 6.46. The summed E-state index contributed by atoms with van der Waals surface area (Å²) in [5.41, 5.74) is 0.490. The molecule has 0 radical (unpaired) electrons. The van der Waals surface area contributed by atoms with Crippen molar-refractivity contribution in [2.24, 2.45) is 5.41 Å². The van der Waals surface area contributed by atoms with Gasteiger partial charge >= 0.3 is 0 Å². The third-order valence-corrected chi connectivity index (χ3v) is 4.53. The van der Waals surface area contributed by atoms with Gasteiger partial charge in [-0.3, -0.25) is 0 Å². The van der Waals surface area contributed by atoms with Crippen molar-refractivity contribution in [3.8, 4) is 0 Å². The molecule has 18 heavy (non-hydrogen) atoms. The standard InChI is InChI=1S/C16H31NO/c1-6-8-14(17-13-7-2)16(18-5)11-9-15(3,4)10-12-16/h6,14,17H,1,7-13H2,2-5H3. The van der Waals surface area contributed by atoms with Crippen LogP contribution in [0.4, 0.5) is 0 Å². The zero-order valence-corrected chi connectivity index (χ0v) is 12.7. The Morgan fingerprint density at radius 2 is 1.89 bits per heavy atom. The molecule has 0 bridgehead atoms. The van der Waals surface area contributed by atoms with Crippen LogP contribution in [0, 0.1) is 5.41 Å². The van der Waals surface area contributed by atoms with Crippen LogP contribution in [0.3, 0.4) is 0 Å². The van der Waals surface area contributed by atoms with E-state index in [1.807, 2.05) is 13.2 Å². The maximum atomic E-state index is 5.97. The van der Waals surface area contributed by atoms with E-state index in [4.69, 9.17) is 4.74 Å². The highest BCUT2D eigenvalue weighted by Crippen LogP contribution is 2.43. The third kappa shape index (κ3) is 3.83. The molecule has 0 saturated heterocycles. The molecule has 0 spiro atoms. The van der Waals surface area contributed by atoms with E-state index < -0.39 is 0 Å². The normalized spacial score (nSPS) is 23.6. The molecule has 0 aromatic rings. The number of ether oxygens (including phenoxy) is 1. The lowest BCUT2D eigenvalue weighted by molar-refractivity contribution is -0.0855. The molecule has 0 aliphatic heterocycles. The number of rotatable bonds is 7. The smallest absolute Gasteiger partial charge is 0.0834 e. The summed E-state index contributed by atoms with van der Waals surface area (Å²) in [7, 11) is 1.88. The molecule has 1 saturated carbocycles. The van der Waals surface area contributed by atoms with Crippen molar-refractivity contribution in [2.45, 2.75) is 70.9 Å². The summed E-state index contributed by atoms with van der Waals surface area (Å²) in [5.74, 6) is 0. The molecule has 0 aromatic carbocycles. The molecule has 1 aliphatic carbocycles. The van der Waals surface area contributed by atoms with Crippen LogP contribution in [-0.4, -0.2) is 25.3 Å². The van der Waals surface area contributed by atoms with Crippen LogP contribution in [0.25, 0.3) is 0 Å². The van der Waals surface area contributed by atoms with E-state index in [-0.39, 0.29) is 5.60 Å². The quantitative estimate of drug-likeness (QED) is 0.694. The van der Waals surface area contributed by atoms with Crippen LogP contribution in [0.15, 0.2) is 12.7 Å². The average Bonchev–Trinajstić information content (AvgIpc) is 2.36. The fourth-order valence-corrected chi connectivity index (χ4v) is 3.01. The predicted octanol–water partition coefficient (Wildman–Crippen LogP) is 3.92. The number of hydrogen-bond donors (Lipinski definition) is 1. The minimum absolute atomic E-state index is 0.0128. The van der Waals surface area contributed by atoms with Crippen molar-refractivity contribution >= 4 is 0 Å². The second kappa shape index (κ2) is 6.72. The number of methoxy groups -OCH3 is 1. The van der Waals surface area contributed by atoms with Crippen molar-refractivity contribution in [3.05, 3.63) is 12.7 Å². The fraction of sp³-hybridized carbons (Fsp3) is 0.875. The molecule has 2 heteroatoms. The molecule has 1 rings (SSSR count). The monoisotopic (exact) mass is 253 g/mol. The van der Waals surface area contributed by atoms with Crippen molar-refractivity contribution in [2.75, 3.05) is 13.7 Å². The van der Waals surface area contributed by atoms with Gasteiger partial charge in [0.25, 0.3) is 0 Å². The van der Waals surface area contributed by atoms with Crippen LogP contribution in [0.5, 0.6) is 0 Å². The Kier molecular flexibility index (Phi) is 5.87. The summed E-state index contributed by atoms with van der Waals surface area (Å²) >= 11 is 0. The first kappa shape index (κ1) is 15.7. The van der Waals surface area contributed by atoms with Gasteiger partial charge in [-0.2, -0.15) is 0 Å². The van der Waals surface area contributed by atoms with E-state index in [1.54, 1.807) is 0 Å². The van der Waals surface area contributed by atoms with Crippen molar-refractivity contribution < 1.29 is 4.74 Å². The lowest BCUT2D eigenvalue weighted by Gasteiger charge is -2.47. The first-order valence-corrected chi connectivity index (χ1v) is 7.39. The van der Waals surface area contributed by atoms with E-state index >= 15 is 0 Å². The summed E-state index contributed by atoms with van der Waals surface area (Å²) < 4.78 is 5.97. The van der Waals surface area contributed by atoms with Gasteiger partial charge in [0.05, 0.1) is 5.60 Å². The maximum Gasteiger partial charge on any atom is 0.0834 e. The van der Waals surface area contributed by atoms with Gasteiger partial charge in [-0.1, -0.05) is 26.8 Å². The van der Waals surface area contributed by atoms with E-state index in [0.717, 1.165) is 25.8 Å². The maximum absolute atomic E-state index is 5.97. The number of hydrogen-bond acceptors (Lipinski definition) is 2. The molecular formula is C16H31NO. The summed E-state index contributed by atoms with van der Waals surface area (Å²) in [4.78, 5) is 0. The SMILES string of the molecule is C=CCC(NCCC)C1(OC)CCC(C)(C)CC1. The Labute approximate surface area is 113 Å². The van der Waals surface area contributed by atoms with Crippen LogP contribution in [0.2, 0.25) is 0 Å². The van der Waals surface area contributed by atoms with Crippen LogP contribution in [0.1, 0.15) is 59.3 Å². The lowest BCUT2D eigenvalue weighted by Crippen LogP contribution is -2.54. The molecule has 0 amide bonds. The van der Waals surface area contributed by atoms with Gasteiger partial charge in [-0.05, 0) is 50.5 Å². The zero-order valence-electron chi connectivity index (χ0n) is 12.7. The first-order valence-electron chi connectivity index (χ1n) is 7.39. The highest BCUT2D eigenvalue weighted by atomic mass is 16.5. The minimum atomic E-state index is 0.0128. The highest BCUT2D eigenvalue weighted by molar-refractivity contribution is 5.00. The summed E-state index contributed by atoms with van der Waals surface area (Å²) in [6.07, 6.45) is 9.00. The van der Waals surface area contributed by atoms with E-state index in [2.05, 4.69) is 32.7 Å². The van der Waals surface area contributed by atoms with Gasteiger partial charge in [0.2, 0.25) is 0 Å². The Morgan fingerprint density at radius 3 is 2.33 bits per heavy atom. The molecule has 1 N–H and O–H groups in total. The molecule has 1 fully saturated rings. The van der Waals surface area contributed by atoms with Crippen molar-refractivity contribution in [3.63, 3.8) is 0 Å². The zero-order chi connectivity index (χ0) is 13.6. The molecule has 0 aromatic heterocycles. The molecule has 106 valence electrons. The summed E-state index contributed by atoms with van der Waals surface area (Å²) in [6, 6.07) is 0.413. The topological polar surface area (TPSA) is 21.3 Å². The van der Waals surface area contributed by atoms with Crippen molar-refractivity contribution in [1.29, 1.82) is 0 Å². The van der Waals surface area contributed by atoms with Gasteiger partial charge in [-0.15, -0.1) is 6.58 Å². The minimum Gasteiger partial charge on any atom is -0.377 e. The molecule has 2 nitrogen and oxygen atoms in total. The molecule has 0 heterocycles. The second-order valence-corrected chi connectivity index (χ2v) is 6.46. The van der Waals surface area contributed by atoms with Crippen LogP contribution in [-0.2, 0) is 4.74 Å². The van der Waals surface area contributed by atoms with Gasteiger partial charge in [0.1, 0.15) is 0 Å². The number of nitrogens with one attached hydrogen (secondary N) is 1. The molecule has 1 unspecified atom stereocenters. The molecule has 1 atom stereocenters. The Bertz CT molecular complexity index is 250. The first-order chi connectivity index (χ1) is 8.49. The van der Waals surface area contributed by atoms with E-state index in [1.165, 1.54) is 19.3 Å². The molecular weight excluding hydrogens is 222 g/mol. The Morgan fingerprint density at radius 1 is 1.28 bits per heavy atom. The third-order valence-electron chi connectivity index (χ3n) is 4.53. The van der Waals surface area contributed by atoms with E-state index in [0.29, 0.717) is 11.5 Å². The van der Waals surface area contributed by atoms with Gasteiger partial charge in [-0.25, -0.2) is 0 Å². The van der Waals surface area contributed by atoms with Crippen LogP contribution < -0.4 is 5.32 Å². The van der Waals surface area contributed by atoms with Gasteiger partial charge in [0, 0.05) is 13.2 Å². The Balaban J connectivity index is 2.73. The predicted molar refractivity (Wildman–Crippen MR) is 78.9 cm³/mol. The average molecular weight is 253 g/mol. The largest absolute Gasteiger partial charge is 0.377 e. The van der Waals surface area contributed by atoms with Gasteiger partial charge < -0.3 is 10.1 Å². The van der Waals surface area contributed by atoms with Gasteiger partial charge in [0.15, 0.2) is 0 Å². The summed E-state index contributed by atoms with van der Waals surface area (Å²) in [5, 5.41) is 3.66. The van der Waals surface area contributed by atoms with Crippen molar-refractivity contribution in [1.82, 2.24) is 5.32 Å². The fourth-order valence-electron chi connectivity index (χ4n) is 3.01. The lowest BCUT2D eigenvalue weighted by atomic mass is 9.68. The van der Waals surface area contributed by atoms with E-state index in [9.17, 15) is 0 Å². The Hall–Kier alpha value is -0.340. The van der Waals surface area contributed by atoms with Crippen LogP contribution >= 0.6 is 0 Å². The summed E-state index contributed by atoms with van der Waals surface area (Å²) in [6.45, 7) is 11.9. The highest BCUT2D eigenvalue weighted by Gasteiger charge is 2.43. The molecule has 1 aliphatic rings.